The zero-order chi connectivity index (χ0) is 17.0. The Labute approximate surface area is 132 Å². The van der Waals surface area contributed by atoms with Crippen LogP contribution in [0, 0.1) is 0 Å². The molecule has 0 saturated carbocycles. The molecule has 23 heavy (non-hydrogen) atoms. The van der Waals surface area contributed by atoms with Crippen LogP contribution in [0.2, 0.25) is 0 Å². The lowest BCUT2D eigenvalue weighted by molar-refractivity contribution is -0.137. The van der Waals surface area contributed by atoms with E-state index in [1.165, 1.54) is 28.9 Å². The standard InChI is InChI=1S/C16H18F3N3O/c1-2-3-6-9-22-14(10-13(21-22)15(20)23)11-7-4-5-8-12(11)16(17,18)19/h4-5,7-8,10H,2-3,6,9H2,1H3,(H2,20,23). The Morgan fingerprint density at radius 2 is 1.96 bits per heavy atom. The highest BCUT2D eigenvalue weighted by Gasteiger charge is 2.34. The van der Waals surface area contributed by atoms with Gasteiger partial charge in [0.25, 0.3) is 5.91 Å². The first-order chi connectivity index (χ1) is 10.8. The SMILES string of the molecule is CCCCCn1nc(C(N)=O)cc1-c1ccccc1C(F)(F)F. The van der Waals surface area contributed by atoms with Crippen LogP contribution in [0.3, 0.4) is 0 Å². The number of alkyl halides is 3. The minimum atomic E-state index is -4.48. The molecule has 0 fully saturated rings. The van der Waals surface area contributed by atoms with Gasteiger partial charge in [0.05, 0.1) is 11.3 Å². The molecule has 1 heterocycles. The Morgan fingerprint density at radius 1 is 1.26 bits per heavy atom. The molecule has 0 aliphatic heterocycles. The molecule has 0 bridgehead atoms. The fourth-order valence-corrected chi connectivity index (χ4v) is 2.39. The number of aryl methyl sites for hydroxylation is 1. The van der Waals surface area contributed by atoms with E-state index in [2.05, 4.69) is 5.10 Å². The molecular formula is C16H18F3N3O. The maximum atomic E-state index is 13.2. The van der Waals surface area contributed by atoms with E-state index in [9.17, 15) is 18.0 Å². The van der Waals surface area contributed by atoms with Gasteiger partial charge in [-0.15, -0.1) is 0 Å². The van der Waals surface area contributed by atoms with E-state index in [1.807, 2.05) is 6.92 Å². The molecule has 124 valence electrons. The lowest BCUT2D eigenvalue weighted by atomic mass is 10.0. The molecule has 4 nitrogen and oxygen atoms in total. The molecule has 1 aromatic carbocycles. The third-order valence-electron chi connectivity index (χ3n) is 3.51. The Bertz CT molecular complexity index is 692. The van der Waals surface area contributed by atoms with Crippen LogP contribution < -0.4 is 5.73 Å². The predicted octanol–water partition coefficient (Wildman–Crippen LogP) is 3.86. The van der Waals surface area contributed by atoms with Gasteiger partial charge in [-0.1, -0.05) is 38.0 Å². The van der Waals surface area contributed by atoms with Gasteiger partial charge in [0.15, 0.2) is 5.69 Å². The average Bonchev–Trinajstić information content (AvgIpc) is 2.91. The first-order valence-electron chi connectivity index (χ1n) is 7.38. The van der Waals surface area contributed by atoms with Crippen molar-refractivity contribution in [1.82, 2.24) is 9.78 Å². The van der Waals surface area contributed by atoms with E-state index in [0.717, 1.165) is 25.3 Å². The summed E-state index contributed by atoms with van der Waals surface area (Å²) >= 11 is 0. The van der Waals surface area contributed by atoms with Gasteiger partial charge < -0.3 is 5.73 Å². The fourth-order valence-electron chi connectivity index (χ4n) is 2.39. The zero-order valence-electron chi connectivity index (χ0n) is 12.7. The highest BCUT2D eigenvalue weighted by Crippen LogP contribution is 2.37. The van der Waals surface area contributed by atoms with Gasteiger partial charge >= 0.3 is 6.18 Å². The third kappa shape index (κ3) is 3.91. The molecule has 0 aliphatic rings. The van der Waals surface area contributed by atoms with Crippen LogP contribution in [-0.2, 0) is 12.7 Å². The predicted molar refractivity (Wildman–Crippen MR) is 80.7 cm³/mol. The monoisotopic (exact) mass is 325 g/mol. The molecule has 2 N–H and O–H groups in total. The molecule has 0 atom stereocenters. The lowest BCUT2D eigenvalue weighted by Gasteiger charge is -2.14. The summed E-state index contributed by atoms with van der Waals surface area (Å²) in [6.45, 7) is 2.46. The second kappa shape index (κ2) is 6.85. The van der Waals surface area contributed by atoms with Crippen molar-refractivity contribution in [2.75, 3.05) is 0 Å². The summed E-state index contributed by atoms with van der Waals surface area (Å²) in [4.78, 5) is 11.3. The highest BCUT2D eigenvalue weighted by atomic mass is 19.4. The van der Waals surface area contributed by atoms with Gasteiger partial charge in [0.1, 0.15) is 0 Å². The molecule has 0 saturated heterocycles. The number of aromatic nitrogens is 2. The Kier molecular flexibility index (Phi) is 5.08. The van der Waals surface area contributed by atoms with E-state index in [1.54, 1.807) is 0 Å². The number of halogens is 3. The number of nitrogens with zero attached hydrogens (tertiary/aromatic N) is 2. The molecule has 0 spiro atoms. The van der Waals surface area contributed by atoms with Crippen molar-refractivity contribution in [3.8, 4) is 11.3 Å². The van der Waals surface area contributed by atoms with E-state index in [0.29, 0.717) is 6.54 Å². The zero-order valence-corrected chi connectivity index (χ0v) is 12.7. The first kappa shape index (κ1) is 17.1. The van der Waals surface area contributed by atoms with Crippen LogP contribution in [0.4, 0.5) is 13.2 Å². The molecule has 7 heteroatoms. The topological polar surface area (TPSA) is 60.9 Å². The largest absolute Gasteiger partial charge is 0.417 e. The Hall–Kier alpha value is -2.31. The number of unbranched alkanes of at least 4 members (excludes halogenated alkanes) is 2. The minimum absolute atomic E-state index is 0.00324. The van der Waals surface area contributed by atoms with Crippen LogP contribution in [0.5, 0.6) is 0 Å². The number of carbonyl (C=O) groups is 1. The first-order valence-corrected chi connectivity index (χ1v) is 7.38. The number of primary amides is 1. The van der Waals surface area contributed by atoms with Crippen LogP contribution in [-0.4, -0.2) is 15.7 Å². The summed E-state index contributed by atoms with van der Waals surface area (Å²) in [5.41, 5.74) is 4.67. The van der Waals surface area contributed by atoms with Crippen LogP contribution in [0.15, 0.2) is 30.3 Å². The quantitative estimate of drug-likeness (QED) is 0.820. The number of amides is 1. The molecule has 1 amide bonds. The van der Waals surface area contributed by atoms with Crippen molar-refractivity contribution in [2.24, 2.45) is 5.73 Å². The summed E-state index contributed by atoms with van der Waals surface area (Å²) in [6.07, 6.45) is -1.83. The van der Waals surface area contributed by atoms with E-state index in [4.69, 9.17) is 5.73 Å². The number of carbonyl (C=O) groups excluding carboxylic acids is 1. The highest BCUT2D eigenvalue weighted by molar-refractivity contribution is 5.92. The normalized spacial score (nSPS) is 11.7. The number of benzene rings is 1. The van der Waals surface area contributed by atoms with E-state index < -0.39 is 17.6 Å². The van der Waals surface area contributed by atoms with Crippen molar-refractivity contribution in [2.45, 2.75) is 38.9 Å². The molecule has 1 aromatic heterocycles. The molecule has 0 unspecified atom stereocenters. The summed E-state index contributed by atoms with van der Waals surface area (Å²) in [6, 6.07) is 6.57. The van der Waals surface area contributed by atoms with Gasteiger partial charge in [-0.2, -0.15) is 18.3 Å². The van der Waals surface area contributed by atoms with Gasteiger partial charge in [-0.05, 0) is 18.6 Å². The van der Waals surface area contributed by atoms with Crippen molar-refractivity contribution in [3.05, 3.63) is 41.6 Å². The average molecular weight is 325 g/mol. The summed E-state index contributed by atoms with van der Waals surface area (Å²) in [7, 11) is 0. The molecular weight excluding hydrogens is 307 g/mol. The molecule has 0 aliphatic carbocycles. The van der Waals surface area contributed by atoms with Gasteiger partial charge in [0, 0.05) is 12.1 Å². The number of hydrogen-bond donors (Lipinski definition) is 1. The van der Waals surface area contributed by atoms with Crippen molar-refractivity contribution in [1.29, 1.82) is 0 Å². The smallest absolute Gasteiger partial charge is 0.364 e. The van der Waals surface area contributed by atoms with Crippen LogP contribution in [0.1, 0.15) is 42.2 Å². The fraction of sp³-hybridized carbons (Fsp3) is 0.375. The Morgan fingerprint density at radius 3 is 2.57 bits per heavy atom. The summed E-state index contributed by atoms with van der Waals surface area (Å²) in [5, 5.41) is 4.06. The second-order valence-corrected chi connectivity index (χ2v) is 5.25. The van der Waals surface area contributed by atoms with Crippen molar-refractivity contribution in [3.63, 3.8) is 0 Å². The maximum Gasteiger partial charge on any atom is 0.417 e. The third-order valence-corrected chi connectivity index (χ3v) is 3.51. The van der Waals surface area contributed by atoms with Crippen molar-refractivity contribution < 1.29 is 18.0 Å². The van der Waals surface area contributed by atoms with E-state index >= 15 is 0 Å². The molecule has 2 aromatic rings. The molecule has 2 rings (SSSR count). The maximum absolute atomic E-state index is 13.2. The molecule has 0 radical (unpaired) electrons. The van der Waals surface area contributed by atoms with E-state index in [-0.39, 0.29) is 17.0 Å². The Balaban J connectivity index is 2.52. The van der Waals surface area contributed by atoms with Crippen LogP contribution in [0.25, 0.3) is 11.3 Å². The number of hydrogen-bond acceptors (Lipinski definition) is 2. The van der Waals surface area contributed by atoms with Crippen molar-refractivity contribution >= 4 is 5.91 Å². The summed E-state index contributed by atoms with van der Waals surface area (Å²) in [5.74, 6) is -0.759. The van der Waals surface area contributed by atoms with Crippen LogP contribution >= 0.6 is 0 Å². The van der Waals surface area contributed by atoms with Gasteiger partial charge in [0.2, 0.25) is 0 Å². The van der Waals surface area contributed by atoms with Gasteiger partial charge in [-0.25, -0.2) is 0 Å². The summed E-state index contributed by atoms with van der Waals surface area (Å²) < 4.78 is 41.1. The van der Waals surface area contributed by atoms with Gasteiger partial charge in [-0.3, -0.25) is 9.48 Å². The minimum Gasteiger partial charge on any atom is -0.364 e. The second-order valence-electron chi connectivity index (χ2n) is 5.25. The number of nitrogens with two attached hydrogens (primary N) is 1. The number of rotatable bonds is 6. The lowest BCUT2D eigenvalue weighted by Crippen LogP contribution is -2.13.